The molecule has 0 radical (unpaired) electrons. The van der Waals surface area contributed by atoms with E-state index in [1.54, 1.807) is 26.3 Å². The van der Waals surface area contributed by atoms with E-state index in [9.17, 15) is 13.2 Å². The number of nitrogens with one attached hydrogen (secondary N) is 2. The molecule has 0 amide bonds. The maximum absolute atomic E-state index is 14.0. The molecule has 0 aromatic heterocycles. The Bertz CT molecular complexity index is 819. The zero-order valence-corrected chi connectivity index (χ0v) is 16.4. The standard InChI is InChI=1S/C20H24F3N3O3/c1-13(28-18-9-5-4-8-17(18)27-3)11-25-20(24-2)26-12-14-15(21)7-6-10-16(14)29-19(22)23/h4-10,13,19H,11-12H2,1-3H3,(H2,24,25,26). The summed E-state index contributed by atoms with van der Waals surface area (Å²) in [5.41, 5.74) is -0.0194. The summed E-state index contributed by atoms with van der Waals surface area (Å²) in [5.74, 6) is 0.696. The fourth-order valence-electron chi connectivity index (χ4n) is 2.52. The average molecular weight is 411 g/mol. The molecule has 0 aliphatic heterocycles. The zero-order chi connectivity index (χ0) is 21.2. The summed E-state index contributed by atoms with van der Waals surface area (Å²) in [7, 11) is 3.10. The van der Waals surface area contributed by atoms with Crippen molar-refractivity contribution in [1.29, 1.82) is 0 Å². The van der Waals surface area contributed by atoms with Crippen LogP contribution < -0.4 is 24.8 Å². The van der Waals surface area contributed by atoms with Gasteiger partial charge in [-0.15, -0.1) is 0 Å². The van der Waals surface area contributed by atoms with Gasteiger partial charge in [0.15, 0.2) is 17.5 Å². The van der Waals surface area contributed by atoms with E-state index in [1.807, 2.05) is 19.1 Å². The van der Waals surface area contributed by atoms with Crippen LogP contribution in [0.25, 0.3) is 0 Å². The number of hydrogen-bond donors (Lipinski definition) is 2. The van der Waals surface area contributed by atoms with Crippen molar-refractivity contribution >= 4 is 5.96 Å². The summed E-state index contributed by atoms with van der Waals surface area (Å²) >= 11 is 0. The Morgan fingerprint density at radius 1 is 1.00 bits per heavy atom. The zero-order valence-electron chi connectivity index (χ0n) is 16.4. The molecule has 0 spiro atoms. The summed E-state index contributed by atoms with van der Waals surface area (Å²) in [4.78, 5) is 4.04. The average Bonchev–Trinajstić information content (AvgIpc) is 2.69. The second-order valence-corrected chi connectivity index (χ2v) is 5.98. The number of ether oxygens (including phenoxy) is 3. The normalized spacial score (nSPS) is 12.4. The van der Waals surface area contributed by atoms with Gasteiger partial charge in [0.05, 0.1) is 13.7 Å². The van der Waals surface area contributed by atoms with Gasteiger partial charge < -0.3 is 24.8 Å². The van der Waals surface area contributed by atoms with Gasteiger partial charge in [-0.25, -0.2) is 4.39 Å². The number of nitrogens with zero attached hydrogens (tertiary/aromatic N) is 1. The molecule has 158 valence electrons. The van der Waals surface area contributed by atoms with Crippen molar-refractivity contribution in [3.8, 4) is 17.2 Å². The number of rotatable bonds is 9. The number of benzene rings is 2. The molecule has 2 aromatic carbocycles. The molecular weight excluding hydrogens is 387 g/mol. The summed E-state index contributed by atoms with van der Waals surface area (Å²) in [5, 5.41) is 5.91. The van der Waals surface area contributed by atoms with Crippen LogP contribution in [0.2, 0.25) is 0 Å². The molecule has 0 fully saturated rings. The van der Waals surface area contributed by atoms with Crippen LogP contribution in [0.4, 0.5) is 13.2 Å². The molecule has 6 nitrogen and oxygen atoms in total. The van der Waals surface area contributed by atoms with Gasteiger partial charge in [-0.1, -0.05) is 18.2 Å². The quantitative estimate of drug-likeness (QED) is 0.488. The van der Waals surface area contributed by atoms with Crippen LogP contribution >= 0.6 is 0 Å². The number of methoxy groups -OCH3 is 1. The molecule has 0 aliphatic rings. The highest BCUT2D eigenvalue weighted by molar-refractivity contribution is 5.79. The van der Waals surface area contributed by atoms with Crippen LogP contribution in [-0.2, 0) is 6.54 Å². The third kappa shape index (κ3) is 6.78. The Morgan fingerprint density at radius 2 is 1.69 bits per heavy atom. The van der Waals surface area contributed by atoms with Crippen LogP contribution in [0.3, 0.4) is 0 Å². The van der Waals surface area contributed by atoms with E-state index in [0.29, 0.717) is 24.0 Å². The van der Waals surface area contributed by atoms with E-state index in [0.717, 1.165) is 0 Å². The molecule has 1 atom stereocenters. The van der Waals surface area contributed by atoms with Gasteiger partial charge in [0.1, 0.15) is 17.7 Å². The molecule has 0 aliphatic carbocycles. The smallest absolute Gasteiger partial charge is 0.387 e. The lowest BCUT2D eigenvalue weighted by molar-refractivity contribution is -0.0506. The summed E-state index contributed by atoms with van der Waals surface area (Å²) < 4.78 is 54.5. The first-order valence-corrected chi connectivity index (χ1v) is 8.91. The highest BCUT2D eigenvalue weighted by Crippen LogP contribution is 2.26. The Labute approximate surface area is 167 Å². The van der Waals surface area contributed by atoms with E-state index < -0.39 is 12.4 Å². The molecular formula is C20H24F3N3O3. The van der Waals surface area contributed by atoms with Crippen molar-refractivity contribution in [2.24, 2.45) is 4.99 Å². The second-order valence-electron chi connectivity index (χ2n) is 5.98. The minimum absolute atomic E-state index is 0.0194. The van der Waals surface area contributed by atoms with E-state index in [2.05, 4.69) is 20.4 Å². The molecule has 29 heavy (non-hydrogen) atoms. The van der Waals surface area contributed by atoms with E-state index in [4.69, 9.17) is 9.47 Å². The third-order valence-electron chi connectivity index (χ3n) is 3.90. The van der Waals surface area contributed by atoms with Gasteiger partial charge in [-0.3, -0.25) is 4.99 Å². The first-order chi connectivity index (χ1) is 13.9. The monoisotopic (exact) mass is 411 g/mol. The SMILES string of the molecule is CN=C(NCc1c(F)cccc1OC(F)F)NCC(C)Oc1ccccc1OC. The Morgan fingerprint density at radius 3 is 2.34 bits per heavy atom. The number of hydrogen-bond acceptors (Lipinski definition) is 4. The summed E-state index contributed by atoms with van der Waals surface area (Å²) in [6.07, 6.45) is -0.240. The second kappa shape index (κ2) is 11.0. The van der Waals surface area contributed by atoms with Crippen molar-refractivity contribution in [2.75, 3.05) is 20.7 Å². The maximum atomic E-state index is 14.0. The number of para-hydroxylation sites is 2. The highest BCUT2D eigenvalue weighted by atomic mass is 19.3. The number of halogens is 3. The van der Waals surface area contributed by atoms with Gasteiger partial charge in [-0.2, -0.15) is 8.78 Å². The number of aliphatic imine (C=N–C) groups is 1. The molecule has 1 unspecified atom stereocenters. The van der Waals surface area contributed by atoms with Crippen molar-refractivity contribution in [3.63, 3.8) is 0 Å². The molecule has 0 bridgehead atoms. The van der Waals surface area contributed by atoms with E-state index in [1.165, 1.54) is 18.2 Å². The Hall–Kier alpha value is -3.10. The first-order valence-electron chi connectivity index (χ1n) is 8.91. The lowest BCUT2D eigenvalue weighted by Crippen LogP contribution is -2.41. The fraction of sp³-hybridized carbons (Fsp3) is 0.350. The topological polar surface area (TPSA) is 64.1 Å². The van der Waals surface area contributed by atoms with Gasteiger partial charge in [0, 0.05) is 19.2 Å². The van der Waals surface area contributed by atoms with Crippen LogP contribution in [0.1, 0.15) is 12.5 Å². The van der Waals surface area contributed by atoms with Gasteiger partial charge in [-0.05, 0) is 31.2 Å². The molecule has 0 saturated heterocycles. The van der Waals surface area contributed by atoms with Crippen molar-refractivity contribution in [3.05, 3.63) is 53.8 Å². The van der Waals surface area contributed by atoms with Crippen LogP contribution in [-0.4, -0.2) is 39.4 Å². The van der Waals surface area contributed by atoms with Gasteiger partial charge in [0.2, 0.25) is 0 Å². The van der Waals surface area contributed by atoms with Crippen LogP contribution in [0.15, 0.2) is 47.5 Å². The largest absolute Gasteiger partial charge is 0.493 e. The van der Waals surface area contributed by atoms with E-state index in [-0.39, 0.29) is 24.0 Å². The third-order valence-corrected chi connectivity index (χ3v) is 3.90. The van der Waals surface area contributed by atoms with Crippen molar-refractivity contribution in [1.82, 2.24) is 10.6 Å². The molecule has 0 saturated carbocycles. The molecule has 2 aromatic rings. The predicted molar refractivity (Wildman–Crippen MR) is 104 cm³/mol. The highest BCUT2D eigenvalue weighted by Gasteiger charge is 2.15. The first kappa shape index (κ1) is 22.2. The predicted octanol–water partition coefficient (Wildman–Crippen LogP) is 3.57. The molecule has 2 rings (SSSR count). The van der Waals surface area contributed by atoms with Crippen molar-refractivity contribution < 1.29 is 27.4 Å². The molecule has 9 heteroatoms. The van der Waals surface area contributed by atoms with Gasteiger partial charge >= 0.3 is 6.61 Å². The molecule has 0 heterocycles. The Balaban J connectivity index is 1.92. The lowest BCUT2D eigenvalue weighted by atomic mass is 10.2. The Kier molecular flexibility index (Phi) is 8.45. The van der Waals surface area contributed by atoms with Crippen LogP contribution in [0, 0.1) is 5.82 Å². The minimum Gasteiger partial charge on any atom is -0.493 e. The molecule has 2 N–H and O–H groups in total. The fourth-order valence-corrected chi connectivity index (χ4v) is 2.52. The maximum Gasteiger partial charge on any atom is 0.387 e. The lowest BCUT2D eigenvalue weighted by Gasteiger charge is -2.19. The van der Waals surface area contributed by atoms with E-state index >= 15 is 0 Å². The summed E-state index contributed by atoms with van der Waals surface area (Å²) in [6, 6.07) is 11.0. The van der Waals surface area contributed by atoms with Crippen molar-refractivity contribution in [2.45, 2.75) is 26.2 Å². The number of alkyl halides is 2. The van der Waals surface area contributed by atoms with Gasteiger partial charge in [0.25, 0.3) is 0 Å². The van der Waals surface area contributed by atoms with Crippen LogP contribution in [0.5, 0.6) is 17.2 Å². The number of guanidine groups is 1. The summed E-state index contributed by atoms with van der Waals surface area (Å²) in [6.45, 7) is -0.884. The minimum atomic E-state index is -3.04.